The number of nitrogen functional groups attached to an aromatic ring is 1. The van der Waals surface area contributed by atoms with Gasteiger partial charge in [-0.2, -0.15) is 0 Å². The summed E-state index contributed by atoms with van der Waals surface area (Å²) in [5.41, 5.74) is 7.23. The quantitative estimate of drug-likeness (QED) is 0.888. The second-order valence-electron chi connectivity index (χ2n) is 5.49. The van der Waals surface area contributed by atoms with E-state index in [9.17, 15) is 4.79 Å². The number of rotatable bonds is 5. The molecule has 1 amide bonds. The Hall–Kier alpha value is -1.62. The standard InChI is InChI=1S/C15H19N3OS/c1-2-11(7-9-3-4-9)17-14(19)10-5-6-12-13(8-10)20-15(16)18-12/h5-6,8-9,11H,2-4,7H2,1H3,(H2,16,18)(H,17,19). The number of amides is 1. The average molecular weight is 289 g/mol. The van der Waals surface area contributed by atoms with Crippen LogP contribution in [-0.4, -0.2) is 16.9 Å². The summed E-state index contributed by atoms with van der Waals surface area (Å²) in [5.74, 6) is 0.829. The molecule has 20 heavy (non-hydrogen) atoms. The molecule has 1 fully saturated rings. The van der Waals surface area contributed by atoms with Crippen molar-refractivity contribution >= 4 is 32.6 Å². The predicted molar refractivity (Wildman–Crippen MR) is 82.9 cm³/mol. The first-order chi connectivity index (χ1) is 9.65. The van der Waals surface area contributed by atoms with Crippen molar-refractivity contribution in [2.24, 2.45) is 5.92 Å². The molecule has 2 aromatic rings. The maximum atomic E-state index is 12.3. The summed E-state index contributed by atoms with van der Waals surface area (Å²) >= 11 is 1.42. The van der Waals surface area contributed by atoms with Crippen LogP contribution in [0.4, 0.5) is 5.13 Å². The summed E-state index contributed by atoms with van der Waals surface area (Å²) in [6.07, 6.45) is 4.73. The average Bonchev–Trinajstić information content (AvgIpc) is 3.16. The smallest absolute Gasteiger partial charge is 0.251 e. The van der Waals surface area contributed by atoms with Crippen LogP contribution in [0.1, 0.15) is 43.0 Å². The first kappa shape index (κ1) is 13.4. The van der Waals surface area contributed by atoms with Crippen LogP contribution in [-0.2, 0) is 0 Å². The van der Waals surface area contributed by atoms with Crippen molar-refractivity contribution in [1.29, 1.82) is 0 Å². The van der Waals surface area contributed by atoms with Crippen molar-refractivity contribution in [3.8, 4) is 0 Å². The van der Waals surface area contributed by atoms with Crippen molar-refractivity contribution in [3.63, 3.8) is 0 Å². The van der Waals surface area contributed by atoms with Crippen LogP contribution in [0.15, 0.2) is 18.2 Å². The van der Waals surface area contributed by atoms with E-state index in [4.69, 9.17) is 5.73 Å². The van der Waals surface area contributed by atoms with Gasteiger partial charge in [0.25, 0.3) is 5.91 Å². The Bertz CT molecular complexity index is 633. The van der Waals surface area contributed by atoms with Gasteiger partial charge in [-0.15, -0.1) is 0 Å². The van der Waals surface area contributed by atoms with Crippen LogP contribution >= 0.6 is 11.3 Å². The highest BCUT2D eigenvalue weighted by Gasteiger charge is 2.25. The fraction of sp³-hybridized carbons (Fsp3) is 0.467. The molecule has 1 aliphatic rings. The lowest BCUT2D eigenvalue weighted by molar-refractivity contribution is 0.0933. The highest BCUT2D eigenvalue weighted by Crippen LogP contribution is 2.34. The molecule has 1 unspecified atom stereocenters. The van der Waals surface area contributed by atoms with Gasteiger partial charge in [0.15, 0.2) is 5.13 Å². The summed E-state index contributed by atoms with van der Waals surface area (Å²) in [5, 5.41) is 3.68. The Kier molecular flexibility index (Phi) is 3.61. The van der Waals surface area contributed by atoms with Crippen molar-refractivity contribution in [2.75, 3.05) is 5.73 Å². The molecule has 3 rings (SSSR count). The number of aromatic nitrogens is 1. The third-order valence-corrected chi connectivity index (χ3v) is 4.66. The second-order valence-corrected chi connectivity index (χ2v) is 6.55. The molecule has 106 valence electrons. The van der Waals surface area contributed by atoms with Crippen LogP contribution in [0.5, 0.6) is 0 Å². The number of anilines is 1. The van der Waals surface area contributed by atoms with Gasteiger partial charge in [0, 0.05) is 11.6 Å². The molecule has 1 atom stereocenters. The van der Waals surface area contributed by atoms with Crippen molar-refractivity contribution < 1.29 is 4.79 Å². The van der Waals surface area contributed by atoms with Crippen LogP contribution in [0.25, 0.3) is 10.2 Å². The number of hydrogen-bond acceptors (Lipinski definition) is 4. The Morgan fingerprint density at radius 3 is 3.05 bits per heavy atom. The van der Waals surface area contributed by atoms with Gasteiger partial charge in [-0.05, 0) is 37.0 Å². The monoisotopic (exact) mass is 289 g/mol. The van der Waals surface area contributed by atoms with Gasteiger partial charge < -0.3 is 11.1 Å². The van der Waals surface area contributed by atoms with Gasteiger partial charge in [-0.1, -0.05) is 31.1 Å². The molecular formula is C15H19N3OS. The Morgan fingerprint density at radius 1 is 1.55 bits per heavy atom. The molecule has 3 N–H and O–H groups in total. The Balaban J connectivity index is 1.73. The Labute approximate surface area is 122 Å². The second kappa shape index (κ2) is 5.40. The highest BCUT2D eigenvalue weighted by molar-refractivity contribution is 7.22. The van der Waals surface area contributed by atoms with Crippen molar-refractivity contribution in [2.45, 2.75) is 38.6 Å². The number of carbonyl (C=O) groups is 1. The molecular weight excluding hydrogens is 270 g/mol. The SMILES string of the molecule is CCC(CC1CC1)NC(=O)c1ccc2nc(N)sc2c1. The molecule has 1 saturated carbocycles. The summed E-state index contributed by atoms with van der Waals surface area (Å²) in [7, 11) is 0. The molecule has 4 nitrogen and oxygen atoms in total. The normalized spacial score (nSPS) is 16.2. The van der Waals surface area contributed by atoms with E-state index in [0.717, 1.165) is 29.0 Å². The zero-order valence-electron chi connectivity index (χ0n) is 11.6. The summed E-state index contributed by atoms with van der Waals surface area (Å²) in [4.78, 5) is 16.5. The van der Waals surface area contributed by atoms with Crippen molar-refractivity contribution in [3.05, 3.63) is 23.8 Å². The summed E-state index contributed by atoms with van der Waals surface area (Å²) < 4.78 is 0.963. The maximum Gasteiger partial charge on any atom is 0.251 e. The van der Waals surface area contributed by atoms with E-state index in [0.29, 0.717) is 10.7 Å². The molecule has 0 bridgehead atoms. The third-order valence-electron chi connectivity index (χ3n) is 3.81. The van der Waals surface area contributed by atoms with E-state index in [-0.39, 0.29) is 11.9 Å². The fourth-order valence-electron chi connectivity index (χ4n) is 2.44. The molecule has 0 radical (unpaired) electrons. The van der Waals surface area contributed by atoms with E-state index < -0.39 is 0 Å². The van der Waals surface area contributed by atoms with E-state index >= 15 is 0 Å². The molecule has 1 heterocycles. The third kappa shape index (κ3) is 2.93. The van der Waals surface area contributed by atoms with Crippen LogP contribution in [0, 0.1) is 5.92 Å². The van der Waals surface area contributed by atoms with E-state index in [1.807, 2.05) is 18.2 Å². The van der Waals surface area contributed by atoms with Gasteiger partial charge in [0.05, 0.1) is 10.2 Å². The zero-order valence-corrected chi connectivity index (χ0v) is 12.4. The number of benzene rings is 1. The van der Waals surface area contributed by atoms with E-state index in [1.54, 1.807) is 0 Å². The van der Waals surface area contributed by atoms with Crippen LogP contribution in [0.2, 0.25) is 0 Å². The molecule has 5 heteroatoms. The van der Waals surface area contributed by atoms with Crippen LogP contribution < -0.4 is 11.1 Å². The van der Waals surface area contributed by atoms with Gasteiger partial charge in [-0.3, -0.25) is 4.79 Å². The molecule has 0 aliphatic heterocycles. The first-order valence-electron chi connectivity index (χ1n) is 7.12. The minimum Gasteiger partial charge on any atom is -0.375 e. The lowest BCUT2D eigenvalue weighted by Crippen LogP contribution is -2.34. The van der Waals surface area contributed by atoms with E-state index in [2.05, 4.69) is 17.2 Å². The lowest BCUT2D eigenvalue weighted by Gasteiger charge is -2.16. The topological polar surface area (TPSA) is 68.0 Å². The zero-order chi connectivity index (χ0) is 14.1. The number of hydrogen-bond donors (Lipinski definition) is 2. The number of nitrogens with one attached hydrogen (secondary N) is 1. The number of nitrogens with zero attached hydrogens (tertiary/aromatic N) is 1. The molecule has 0 saturated heterocycles. The maximum absolute atomic E-state index is 12.3. The van der Waals surface area contributed by atoms with Crippen LogP contribution in [0.3, 0.4) is 0 Å². The van der Waals surface area contributed by atoms with Gasteiger partial charge in [-0.25, -0.2) is 4.98 Å². The number of thiazole rings is 1. The molecule has 0 spiro atoms. The predicted octanol–water partition coefficient (Wildman–Crippen LogP) is 3.19. The fourth-order valence-corrected chi connectivity index (χ4v) is 3.21. The minimum absolute atomic E-state index is 0.00590. The Morgan fingerprint density at radius 2 is 2.35 bits per heavy atom. The minimum atomic E-state index is 0.00590. The molecule has 1 aromatic carbocycles. The van der Waals surface area contributed by atoms with E-state index in [1.165, 1.54) is 24.2 Å². The molecule has 1 aliphatic carbocycles. The number of fused-ring (bicyclic) bond motifs is 1. The van der Waals surface area contributed by atoms with Gasteiger partial charge in [0.2, 0.25) is 0 Å². The molecule has 1 aromatic heterocycles. The summed E-state index contributed by atoms with van der Waals surface area (Å²) in [6.45, 7) is 2.13. The van der Waals surface area contributed by atoms with Gasteiger partial charge >= 0.3 is 0 Å². The largest absolute Gasteiger partial charge is 0.375 e. The summed E-state index contributed by atoms with van der Waals surface area (Å²) in [6, 6.07) is 5.85. The first-order valence-corrected chi connectivity index (χ1v) is 7.94. The lowest BCUT2D eigenvalue weighted by atomic mass is 10.1. The highest BCUT2D eigenvalue weighted by atomic mass is 32.1. The number of nitrogens with two attached hydrogens (primary N) is 1. The van der Waals surface area contributed by atoms with Gasteiger partial charge in [0.1, 0.15) is 0 Å². The number of carbonyl (C=O) groups excluding carboxylic acids is 1. The van der Waals surface area contributed by atoms with Crippen molar-refractivity contribution in [1.82, 2.24) is 10.3 Å².